The molecule has 5 fully saturated rings. The van der Waals surface area contributed by atoms with Crippen molar-refractivity contribution in [3.63, 3.8) is 0 Å². The van der Waals surface area contributed by atoms with Gasteiger partial charge in [-0.05, 0) is 149 Å². The molecule has 0 aromatic rings. The maximum atomic E-state index is 13.7. The van der Waals surface area contributed by atoms with Crippen LogP contribution in [0.15, 0.2) is 0 Å². The van der Waals surface area contributed by atoms with Gasteiger partial charge in [0.1, 0.15) is 0 Å². The number of alkyl halides is 3. The molecule has 2 nitrogen and oxygen atoms in total. The summed E-state index contributed by atoms with van der Waals surface area (Å²) in [6.45, 7) is 9.52. The Balaban J connectivity index is 1.24. The summed E-state index contributed by atoms with van der Waals surface area (Å²) in [5, 5.41) is 21.8. The van der Waals surface area contributed by atoms with Gasteiger partial charge in [-0.15, -0.1) is 0 Å². The molecule has 37 heavy (non-hydrogen) atoms. The Hall–Kier alpha value is -0.290. The van der Waals surface area contributed by atoms with Crippen LogP contribution in [0.3, 0.4) is 0 Å². The number of rotatable bonds is 5. The van der Waals surface area contributed by atoms with Gasteiger partial charge in [0.05, 0.1) is 5.60 Å². The van der Waals surface area contributed by atoms with E-state index >= 15 is 0 Å². The van der Waals surface area contributed by atoms with E-state index < -0.39 is 17.4 Å². The molecular weight excluding hydrogens is 473 g/mol. The highest BCUT2D eigenvalue weighted by Crippen LogP contribution is 2.69. The van der Waals surface area contributed by atoms with Gasteiger partial charge in [0.25, 0.3) is 0 Å². The molecule has 0 amide bonds. The molecule has 0 aliphatic heterocycles. The van der Waals surface area contributed by atoms with Crippen LogP contribution in [0.25, 0.3) is 0 Å². The van der Waals surface area contributed by atoms with Gasteiger partial charge in [-0.25, -0.2) is 0 Å². The lowest BCUT2D eigenvalue weighted by molar-refractivity contribution is -0.290. The van der Waals surface area contributed by atoms with E-state index in [4.69, 9.17) is 0 Å². The van der Waals surface area contributed by atoms with E-state index in [1.54, 1.807) is 0 Å². The Bertz CT molecular complexity index is 819. The van der Waals surface area contributed by atoms with E-state index in [0.29, 0.717) is 41.4 Å². The number of fused-ring (bicyclic) bond motifs is 5. The van der Waals surface area contributed by atoms with E-state index in [1.807, 2.05) is 0 Å². The molecule has 5 aliphatic rings. The van der Waals surface area contributed by atoms with Gasteiger partial charge in [-0.2, -0.15) is 13.2 Å². The predicted octanol–water partition coefficient (Wildman–Crippen LogP) is 8.69. The van der Waals surface area contributed by atoms with Gasteiger partial charge in [-0.1, -0.05) is 34.1 Å². The van der Waals surface area contributed by atoms with Crippen LogP contribution in [0.2, 0.25) is 0 Å². The SMILES string of the molecule is CCC1CCC(O)(CC[C@@H](C)[C@H]2CC[C@H]3[C@@H]4CC[C@H]5C[C@](O)(C(F)(F)F)CC[C@]5(C)C4CC[C@]23C)CC1. The molecule has 0 aromatic carbocycles. The first kappa shape index (κ1) is 28.2. The molecule has 1 unspecified atom stereocenters. The van der Waals surface area contributed by atoms with E-state index in [2.05, 4.69) is 27.7 Å². The van der Waals surface area contributed by atoms with E-state index in [1.165, 1.54) is 38.5 Å². The average molecular weight is 527 g/mol. The number of hydrogen-bond donors (Lipinski definition) is 2. The highest BCUT2D eigenvalue weighted by molar-refractivity contribution is 5.11. The smallest absolute Gasteiger partial charge is 0.390 e. The second-order valence-corrected chi connectivity index (χ2v) is 15.2. The largest absolute Gasteiger partial charge is 0.417 e. The quantitative estimate of drug-likeness (QED) is 0.376. The Morgan fingerprint density at radius 1 is 0.811 bits per heavy atom. The fourth-order valence-electron chi connectivity index (χ4n) is 11.0. The highest BCUT2D eigenvalue weighted by atomic mass is 19.4. The summed E-state index contributed by atoms with van der Waals surface area (Å²) >= 11 is 0. The van der Waals surface area contributed by atoms with E-state index in [9.17, 15) is 23.4 Å². The van der Waals surface area contributed by atoms with Gasteiger partial charge < -0.3 is 10.2 Å². The molecule has 9 atom stereocenters. The second-order valence-electron chi connectivity index (χ2n) is 15.2. The Morgan fingerprint density at radius 3 is 2.14 bits per heavy atom. The van der Waals surface area contributed by atoms with Gasteiger partial charge >= 0.3 is 6.18 Å². The monoisotopic (exact) mass is 526 g/mol. The van der Waals surface area contributed by atoms with E-state index in [0.717, 1.165) is 50.9 Å². The molecule has 5 aliphatic carbocycles. The molecule has 5 rings (SSSR count). The molecular formula is C32H53F3O2. The second kappa shape index (κ2) is 9.67. The third-order valence-corrected chi connectivity index (χ3v) is 13.7. The fraction of sp³-hybridized carbons (Fsp3) is 1.00. The van der Waals surface area contributed by atoms with Gasteiger partial charge in [0.15, 0.2) is 5.60 Å². The summed E-state index contributed by atoms with van der Waals surface area (Å²) in [6.07, 6.45) is 10.1. The minimum Gasteiger partial charge on any atom is -0.390 e. The topological polar surface area (TPSA) is 40.5 Å². The maximum absolute atomic E-state index is 13.7. The number of aliphatic hydroxyl groups is 2. The lowest BCUT2D eigenvalue weighted by atomic mass is 9.43. The van der Waals surface area contributed by atoms with Crippen molar-refractivity contribution < 1.29 is 23.4 Å². The normalized spacial score (nSPS) is 51.2. The van der Waals surface area contributed by atoms with Crippen LogP contribution >= 0.6 is 0 Å². The predicted molar refractivity (Wildman–Crippen MR) is 142 cm³/mol. The highest BCUT2D eigenvalue weighted by Gasteiger charge is 2.65. The van der Waals surface area contributed by atoms with Crippen LogP contribution < -0.4 is 0 Å². The first-order valence-electron chi connectivity index (χ1n) is 15.8. The summed E-state index contributed by atoms with van der Waals surface area (Å²) < 4.78 is 41.0. The van der Waals surface area contributed by atoms with Crippen molar-refractivity contribution in [3.8, 4) is 0 Å². The van der Waals surface area contributed by atoms with Crippen molar-refractivity contribution in [3.05, 3.63) is 0 Å². The zero-order chi connectivity index (χ0) is 26.9. The molecule has 2 N–H and O–H groups in total. The van der Waals surface area contributed by atoms with Gasteiger partial charge in [0.2, 0.25) is 0 Å². The van der Waals surface area contributed by atoms with Crippen molar-refractivity contribution in [2.75, 3.05) is 0 Å². The zero-order valence-corrected chi connectivity index (χ0v) is 23.9. The van der Waals surface area contributed by atoms with Crippen molar-refractivity contribution >= 4 is 0 Å². The fourth-order valence-corrected chi connectivity index (χ4v) is 11.0. The number of hydrogen-bond acceptors (Lipinski definition) is 2. The summed E-state index contributed by atoms with van der Waals surface area (Å²) in [5.41, 5.74) is -2.68. The first-order chi connectivity index (χ1) is 17.2. The summed E-state index contributed by atoms with van der Waals surface area (Å²) in [7, 11) is 0. The van der Waals surface area contributed by atoms with Crippen LogP contribution in [-0.2, 0) is 0 Å². The third kappa shape index (κ3) is 4.72. The minimum atomic E-state index is -4.52. The zero-order valence-electron chi connectivity index (χ0n) is 23.9. The molecule has 0 saturated heterocycles. The number of halogens is 3. The Morgan fingerprint density at radius 2 is 1.49 bits per heavy atom. The Labute approximate surface area is 223 Å². The van der Waals surface area contributed by atoms with Crippen LogP contribution in [0, 0.1) is 52.3 Å². The molecule has 214 valence electrons. The van der Waals surface area contributed by atoms with Crippen LogP contribution in [0.5, 0.6) is 0 Å². The maximum Gasteiger partial charge on any atom is 0.417 e. The third-order valence-electron chi connectivity index (χ3n) is 13.7. The standard InChI is InChI=1S/C32H53F3O2/c1-5-22-11-16-30(36,17-12-22)15-10-21(2)25-8-9-26-24-7-6-23-20-31(37,32(33,34)35)19-18-28(23,3)27(24)13-14-29(25,26)4/h21-27,36-37H,5-20H2,1-4H3/t21-,22?,23+,24+,25-,26+,27?,28+,29-,30?,31+/m1/s1. The summed E-state index contributed by atoms with van der Waals surface area (Å²) in [4.78, 5) is 0. The van der Waals surface area contributed by atoms with Crippen molar-refractivity contribution in [1.29, 1.82) is 0 Å². The Kier molecular flexibility index (Phi) is 7.38. The molecule has 5 saturated carbocycles. The average Bonchev–Trinajstić information content (AvgIpc) is 3.20. The lowest BCUT2D eigenvalue weighted by Gasteiger charge is -2.62. The van der Waals surface area contributed by atoms with Crippen LogP contribution in [0.4, 0.5) is 13.2 Å². The van der Waals surface area contributed by atoms with Gasteiger partial charge in [0, 0.05) is 0 Å². The lowest BCUT2D eigenvalue weighted by Crippen LogP contribution is -2.59. The molecule has 0 bridgehead atoms. The summed E-state index contributed by atoms with van der Waals surface area (Å²) in [5.74, 6) is 3.91. The first-order valence-corrected chi connectivity index (χ1v) is 15.8. The molecule has 0 heterocycles. The van der Waals surface area contributed by atoms with Crippen LogP contribution in [0.1, 0.15) is 130 Å². The van der Waals surface area contributed by atoms with Crippen LogP contribution in [-0.4, -0.2) is 27.6 Å². The molecule has 5 heteroatoms. The van der Waals surface area contributed by atoms with Crippen molar-refractivity contribution in [2.45, 2.75) is 148 Å². The molecule has 0 spiro atoms. The molecule has 0 aromatic heterocycles. The van der Waals surface area contributed by atoms with E-state index in [-0.39, 0.29) is 24.2 Å². The molecule has 0 radical (unpaired) electrons. The van der Waals surface area contributed by atoms with Crippen molar-refractivity contribution in [2.24, 2.45) is 52.3 Å². The van der Waals surface area contributed by atoms with Crippen molar-refractivity contribution in [1.82, 2.24) is 0 Å². The summed E-state index contributed by atoms with van der Waals surface area (Å²) in [6, 6.07) is 0. The van der Waals surface area contributed by atoms with Gasteiger partial charge in [-0.3, -0.25) is 0 Å². The minimum absolute atomic E-state index is 0.0156.